The first-order valence-electron chi connectivity index (χ1n) is 6.05. The van der Waals surface area contributed by atoms with Crippen molar-refractivity contribution in [3.05, 3.63) is 64.7 Å². The maximum atomic E-state index is 13.4. The number of carbonyl (C=O) groups excluding carboxylic acids is 1. The van der Waals surface area contributed by atoms with Crippen LogP contribution in [0.2, 0.25) is 0 Å². The Morgan fingerprint density at radius 3 is 2.65 bits per heavy atom. The van der Waals surface area contributed by atoms with Crippen LogP contribution in [-0.2, 0) is 6.54 Å². The minimum Gasteiger partial charge on any atom is -0.399 e. The van der Waals surface area contributed by atoms with Gasteiger partial charge in [0.1, 0.15) is 11.6 Å². The number of hydrogen-bond donors (Lipinski definition) is 2. The summed E-state index contributed by atoms with van der Waals surface area (Å²) in [4.78, 5) is 11.9. The van der Waals surface area contributed by atoms with Crippen molar-refractivity contribution in [3.63, 3.8) is 0 Å². The summed E-state index contributed by atoms with van der Waals surface area (Å²) in [6, 6.07) is 7.98. The third-order valence-corrected chi connectivity index (χ3v) is 2.98. The van der Waals surface area contributed by atoms with Gasteiger partial charge >= 0.3 is 0 Å². The number of nitrogens with one attached hydrogen (secondary N) is 1. The second kappa shape index (κ2) is 5.69. The van der Waals surface area contributed by atoms with E-state index in [1.807, 2.05) is 0 Å². The Balaban J connectivity index is 2.08. The average Bonchev–Trinajstić information content (AvgIpc) is 2.42. The van der Waals surface area contributed by atoms with Crippen molar-refractivity contribution in [2.45, 2.75) is 13.5 Å². The highest BCUT2D eigenvalue weighted by molar-refractivity contribution is 5.94. The average molecular weight is 276 g/mol. The number of amides is 1. The molecule has 0 atom stereocenters. The van der Waals surface area contributed by atoms with Crippen molar-refractivity contribution in [1.82, 2.24) is 5.32 Å². The summed E-state index contributed by atoms with van der Waals surface area (Å²) in [6.45, 7) is 1.71. The SMILES string of the molecule is Cc1cc(C(=O)NCc2cc(F)ccc2F)ccc1N. The van der Waals surface area contributed by atoms with Gasteiger partial charge in [0, 0.05) is 23.4 Å². The summed E-state index contributed by atoms with van der Waals surface area (Å²) in [5.74, 6) is -1.46. The van der Waals surface area contributed by atoms with Gasteiger partial charge in [0.2, 0.25) is 0 Å². The maximum absolute atomic E-state index is 13.4. The highest BCUT2D eigenvalue weighted by Crippen LogP contribution is 2.13. The third-order valence-electron chi connectivity index (χ3n) is 2.98. The molecule has 0 heterocycles. The van der Waals surface area contributed by atoms with E-state index in [9.17, 15) is 13.6 Å². The summed E-state index contributed by atoms with van der Waals surface area (Å²) in [5.41, 5.74) is 7.58. The van der Waals surface area contributed by atoms with Crippen molar-refractivity contribution >= 4 is 11.6 Å². The maximum Gasteiger partial charge on any atom is 0.251 e. The largest absolute Gasteiger partial charge is 0.399 e. The summed E-state index contributed by atoms with van der Waals surface area (Å²) in [6.07, 6.45) is 0. The molecule has 2 rings (SSSR count). The van der Waals surface area contributed by atoms with Crippen LogP contribution in [0.25, 0.3) is 0 Å². The first-order valence-corrected chi connectivity index (χ1v) is 6.05. The molecule has 0 aromatic heterocycles. The van der Waals surface area contributed by atoms with E-state index in [1.165, 1.54) is 0 Å². The minimum atomic E-state index is -0.555. The Morgan fingerprint density at radius 2 is 1.95 bits per heavy atom. The fourth-order valence-electron chi connectivity index (χ4n) is 1.77. The molecule has 3 nitrogen and oxygen atoms in total. The molecule has 0 radical (unpaired) electrons. The monoisotopic (exact) mass is 276 g/mol. The molecule has 0 saturated heterocycles. The van der Waals surface area contributed by atoms with Crippen molar-refractivity contribution < 1.29 is 13.6 Å². The van der Waals surface area contributed by atoms with E-state index >= 15 is 0 Å². The van der Waals surface area contributed by atoms with Gasteiger partial charge in [-0.15, -0.1) is 0 Å². The molecule has 0 bridgehead atoms. The molecule has 0 unspecified atom stereocenters. The molecule has 20 heavy (non-hydrogen) atoms. The number of rotatable bonds is 3. The normalized spacial score (nSPS) is 10.3. The molecule has 0 aliphatic heterocycles. The van der Waals surface area contributed by atoms with Gasteiger partial charge in [0.25, 0.3) is 5.91 Å². The number of anilines is 1. The number of halogens is 2. The molecular formula is C15H14F2N2O. The highest BCUT2D eigenvalue weighted by Gasteiger charge is 2.09. The zero-order valence-corrected chi connectivity index (χ0v) is 10.9. The molecule has 5 heteroatoms. The van der Waals surface area contributed by atoms with E-state index in [2.05, 4.69) is 5.32 Å². The van der Waals surface area contributed by atoms with Crippen LogP contribution < -0.4 is 11.1 Å². The van der Waals surface area contributed by atoms with E-state index in [0.717, 1.165) is 23.8 Å². The molecule has 2 aromatic carbocycles. The quantitative estimate of drug-likeness (QED) is 0.847. The van der Waals surface area contributed by atoms with Crippen LogP contribution >= 0.6 is 0 Å². The predicted octanol–water partition coefficient (Wildman–Crippen LogP) is 2.79. The van der Waals surface area contributed by atoms with Crippen LogP contribution in [0.3, 0.4) is 0 Å². The molecule has 104 valence electrons. The molecule has 1 amide bonds. The van der Waals surface area contributed by atoms with Gasteiger partial charge in [-0.3, -0.25) is 4.79 Å². The van der Waals surface area contributed by atoms with Crippen molar-refractivity contribution in [3.8, 4) is 0 Å². The minimum absolute atomic E-state index is 0.0775. The van der Waals surface area contributed by atoms with Gasteiger partial charge < -0.3 is 11.1 Å². The number of nitrogen functional groups attached to an aromatic ring is 1. The van der Waals surface area contributed by atoms with Gasteiger partial charge in [-0.2, -0.15) is 0 Å². The lowest BCUT2D eigenvalue weighted by molar-refractivity contribution is 0.0950. The van der Waals surface area contributed by atoms with E-state index in [-0.39, 0.29) is 18.0 Å². The molecule has 0 aliphatic rings. The number of hydrogen-bond acceptors (Lipinski definition) is 2. The molecular weight excluding hydrogens is 262 g/mol. The standard InChI is InChI=1S/C15H14F2N2O/c1-9-6-10(2-5-14(9)18)15(20)19-8-11-7-12(16)3-4-13(11)17/h2-7H,8,18H2,1H3,(H,19,20). The van der Waals surface area contributed by atoms with Crippen LogP contribution in [0.5, 0.6) is 0 Å². The van der Waals surface area contributed by atoms with Crippen molar-refractivity contribution in [2.24, 2.45) is 0 Å². The molecule has 0 spiro atoms. The highest BCUT2D eigenvalue weighted by atomic mass is 19.1. The van der Waals surface area contributed by atoms with E-state index in [4.69, 9.17) is 5.73 Å². The molecule has 0 fully saturated rings. The van der Waals surface area contributed by atoms with Gasteiger partial charge in [-0.1, -0.05) is 0 Å². The second-order valence-electron chi connectivity index (χ2n) is 4.49. The smallest absolute Gasteiger partial charge is 0.251 e. The van der Waals surface area contributed by atoms with Crippen LogP contribution in [0, 0.1) is 18.6 Å². The lowest BCUT2D eigenvalue weighted by Gasteiger charge is -2.08. The molecule has 3 N–H and O–H groups in total. The van der Waals surface area contributed by atoms with Gasteiger partial charge in [0.15, 0.2) is 0 Å². The topological polar surface area (TPSA) is 55.1 Å². The van der Waals surface area contributed by atoms with Crippen LogP contribution in [-0.4, -0.2) is 5.91 Å². The van der Waals surface area contributed by atoms with Crippen molar-refractivity contribution in [1.29, 1.82) is 0 Å². The lowest BCUT2D eigenvalue weighted by Crippen LogP contribution is -2.23. The number of benzene rings is 2. The van der Waals surface area contributed by atoms with E-state index < -0.39 is 11.6 Å². The molecule has 2 aromatic rings. The summed E-state index contributed by atoms with van der Waals surface area (Å²) < 4.78 is 26.4. The number of nitrogens with two attached hydrogens (primary N) is 1. The summed E-state index contributed by atoms with van der Waals surface area (Å²) in [5, 5.41) is 2.54. The zero-order valence-electron chi connectivity index (χ0n) is 10.9. The Kier molecular flexibility index (Phi) is 3.98. The van der Waals surface area contributed by atoms with E-state index in [0.29, 0.717) is 11.3 Å². The first-order chi connectivity index (χ1) is 9.47. The second-order valence-corrected chi connectivity index (χ2v) is 4.49. The van der Waals surface area contributed by atoms with Crippen LogP contribution in [0.1, 0.15) is 21.5 Å². The number of carbonyl (C=O) groups is 1. The molecule has 0 saturated carbocycles. The Bertz CT molecular complexity index is 656. The number of aryl methyl sites for hydroxylation is 1. The fourth-order valence-corrected chi connectivity index (χ4v) is 1.77. The van der Waals surface area contributed by atoms with Crippen molar-refractivity contribution in [2.75, 3.05) is 5.73 Å². The first kappa shape index (κ1) is 14.0. The predicted molar refractivity (Wildman–Crippen MR) is 73.1 cm³/mol. The van der Waals surface area contributed by atoms with Crippen LogP contribution in [0.15, 0.2) is 36.4 Å². The summed E-state index contributed by atoms with van der Waals surface area (Å²) in [7, 11) is 0. The Labute approximate surface area is 115 Å². The summed E-state index contributed by atoms with van der Waals surface area (Å²) >= 11 is 0. The van der Waals surface area contributed by atoms with Gasteiger partial charge in [-0.05, 0) is 48.9 Å². The molecule has 0 aliphatic carbocycles. The Morgan fingerprint density at radius 1 is 1.20 bits per heavy atom. The fraction of sp³-hybridized carbons (Fsp3) is 0.133. The van der Waals surface area contributed by atoms with Gasteiger partial charge in [0.05, 0.1) is 0 Å². The Hall–Kier alpha value is -2.43. The van der Waals surface area contributed by atoms with Gasteiger partial charge in [-0.25, -0.2) is 8.78 Å². The third kappa shape index (κ3) is 3.12. The lowest BCUT2D eigenvalue weighted by atomic mass is 10.1. The van der Waals surface area contributed by atoms with E-state index in [1.54, 1.807) is 25.1 Å². The van der Waals surface area contributed by atoms with Crippen LogP contribution in [0.4, 0.5) is 14.5 Å². The zero-order chi connectivity index (χ0) is 14.7.